The average Bonchev–Trinajstić information content (AvgIpc) is 3.08. The molecule has 8 rings (SSSR count). The molecule has 204 valence electrons. The van der Waals surface area contributed by atoms with E-state index in [1.807, 2.05) is 18.2 Å². The lowest BCUT2D eigenvalue weighted by Crippen LogP contribution is -2.57. The van der Waals surface area contributed by atoms with E-state index in [9.17, 15) is 0 Å². The Hall–Kier alpha value is -5.54. The zero-order valence-corrected chi connectivity index (χ0v) is 23.7. The third-order valence-corrected chi connectivity index (χ3v) is 7.97. The highest BCUT2D eigenvalue weighted by Gasteiger charge is 2.41. The van der Waals surface area contributed by atoms with Gasteiger partial charge in [0.15, 0.2) is 0 Å². The predicted octanol–water partition coefficient (Wildman–Crippen LogP) is 8.77. The Morgan fingerprint density at radius 3 is 1.63 bits per heavy atom. The summed E-state index contributed by atoms with van der Waals surface area (Å²) >= 11 is 0. The van der Waals surface area contributed by atoms with Crippen molar-refractivity contribution in [3.05, 3.63) is 165 Å². The summed E-state index contributed by atoms with van der Waals surface area (Å²) in [6, 6.07) is 48.8. The van der Waals surface area contributed by atoms with Gasteiger partial charge in [-0.25, -0.2) is 0 Å². The van der Waals surface area contributed by atoms with Crippen molar-refractivity contribution in [2.45, 2.75) is 0 Å². The first-order valence-corrected chi connectivity index (χ1v) is 14.5. The molecule has 2 aliphatic rings. The van der Waals surface area contributed by atoms with Gasteiger partial charge < -0.3 is 9.47 Å². The van der Waals surface area contributed by atoms with E-state index in [1.165, 1.54) is 5.56 Å². The van der Waals surface area contributed by atoms with Crippen molar-refractivity contribution in [1.82, 2.24) is 0 Å². The number of rotatable bonds is 4. The average molecular weight is 552 g/mol. The van der Waals surface area contributed by atoms with Crippen LogP contribution in [0.25, 0.3) is 33.4 Å². The molecule has 2 nitrogen and oxygen atoms in total. The number of para-hydroxylation sites is 1. The lowest BCUT2D eigenvalue weighted by Gasteiger charge is -2.34. The molecule has 0 bridgehead atoms. The van der Waals surface area contributed by atoms with Crippen LogP contribution in [0.4, 0.5) is 0 Å². The van der Waals surface area contributed by atoms with Gasteiger partial charge in [-0.15, -0.1) is 0 Å². The monoisotopic (exact) mass is 552 g/mol. The van der Waals surface area contributed by atoms with Gasteiger partial charge in [0.2, 0.25) is 0 Å². The number of fused-ring (bicyclic) bond motifs is 4. The van der Waals surface area contributed by atoms with E-state index in [2.05, 4.69) is 134 Å². The fourth-order valence-electron chi connectivity index (χ4n) is 5.97. The summed E-state index contributed by atoms with van der Waals surface area (Å²) in [5, 5.41) is 0. The van der Waals surface area contributed by atoms with Crippen molar-refractivity contribution < 1.29 is 9.47 Å². The molecule has 0 saturated heterocycles. The molecule has 0 amide bonds. The van der Waals surface area contributed by atoms with Crippen molar-refractivity contribution >= 4 is 23.1 Å². The van der Waals surface area contributed by atoms with Gasteiger partial charge in [-0.2, -0.15) is 0 Å². The van der Waals surface area contributed by atoms with Crippen LogP contribution in [0.2, 0.25) is 0 Å². The molecule has 0 atom stereocenters. The van der Waals surface area contributed by atoms with Crippen LogP contribution >= 0.6 is 0 Å². The van der Waals surface area contributed by atoms with E-state index in [1.54, 1.807) is 12.2 Å². The summed E-state index contributed by atoms with van der Waals surface area (Å²) in [4.78, 5) is 0. The summed E-state index contributed by atoms with van der Waals surface area (Å²) in [6.07, 6.45) is 3.28. The normalized spacial score (nSPS) is 11.8. The molecule has 0 aromatic heterocycles. The van der Waals surface area contributed by atoms with Gasteiger partial charge in [0.05, 0.1) is 0 Å². The smallest absolute Gasteiger partial charge is 0.260 e. The van der Waals surface area contributed by atoms with Gasteiger partial charge >= 0.3 is 0 Å². The van der Waals surface area contributed by atoms with E-state index in [4.69, 9.17) is 9.47 Å². The lowest BCUT2D eigenvalue weighted by molar-refractivity contribution is 0.466. The molecule has 0 fully saturated rings. The van der Waals surface area contributed by atoms with Gasteiger partial charge in [0, 0.05) is 11.0 Å². The van der Waals surface area contributed by atoms with Gasteiger partial charge in [-0.05, 0) is 56.9 Å². The summed E-state index contributed by atoms with van der Waals surface area (Å²) < 4.78 is 13.5. The van der Waals surface area contributed by atoms with Crippen molar-refractivity contribution in [3.8, 4) is 56.4 Å². The van der Waals surface area contributed by atoms with Crippen LogP contribution in [0.1, 0.15) is 0 Å². The second-order valence-corrected chi connectivity index (χ2v) is 10.6. The maximum absolute atomic E-state index is 6.80. The lowest BCUT2D eigenvalue weighted by atomic mass is 9.34. The highest BCUT2D eigenvalue weighted by Crippen LogP contribution is 2.41. The molecule has 6 aromatic rings. The van der Waals surface area contributed by atoms with E-state index >= 15 is 0 Å². The summed E-state index contributed by atoms with van der Waals surface area (Å²) in [7, 11) is 0. The molecule has 0 unspecified atom stereocenters. The first-order valence-electron chi connectivity index (χ1n) is 14.5. The second kappa shape index (κ2) is 11.4. The van der Waals surface area contributed by atoms with Gasteiger partial charge in [0.1, 0.15) is 23.0 Å². The third kappa shape index (κ3) is 4.85. The van der Waals surface area contributed by atoms with Crippen molar-refractivity contribution in [2.75, 3.05) is 0 Å². The zero-order valence-electron chi connectivity index (χ0n) is 23.7. The Bertz CT molecular complexity index is 1940. The number of hydrogen-bond acceptors (Lipinski definition) is 2. The molecule has 3 heteroatoms. The van der Waals surface area contributed by atoms with Gasteiger partial charge in [0.25, 0.3) is 6.71 Å². The number of ether oxygens (including phenoxy) is 2. The van der Waals surface area contributed by atoms with Crippen LogP contribution in [0.5, 0.6) is 23.0 Å². The Morgan fingerprint density at radius 2 is 1.00 bits per heavy atom. The molecule has 0 aliphatic carbocycles. The van der Waals surface area contributed by atoms with Crippen molar-refractivity contribution in [2.24, 2.45) is 0 Å². The topological polar surface area (TPSA) is 18.5 Å². The largest absolute Gasteiger partial charge is 0.458 e. The SMILES string of the molecule is C=CC=C.c1ccc(-c2ccc3c(c2)Oc2cc(-c4ccccc4)cc4c2B3c2cccc(-c3ccccc3)c2O4)cc1. The maximum atomic E-state index is 6.80. The predicted molar refractivity (Wildman–Crippen MR) is 181 cm³/mol. The van der Waals surface area contributed by atoms with Gasteiger partial charge in [-0.1, -0.05) is 147 Å². The van der Waals surface area contributed by atoms with Gasteiger partial charge in [-0.3, -0.25) is 0 Å². The van der Waals surface area contributed by atoms with E-state index in [0.29, 0.717) is 0 Å². The van der Waals surface area contributed by atoms with Crippen LogP contribution in [0.3, 0.4) is 0 Å². The van der Waals surface area contributed by atoms with E-state index < -0.39 is 0 Å². The van der Waals surface area contributed by atoms with E-state index in [-0.39, 0.29) is 6.71 Å². The second-order valence-electron chi connectivity index (χ2n) is 10.6. The minimum Gasteiger partial charge on any atom is -0.458 e. The Morgan fingerprint density at radius 1 is 0.442 bits per heavy atom. The first kappa shape index (κ1) is 26.4. The van der Waals surface area contributed by atoms with Crippen molar-refractivity contribution in [3.63, 3.8) is 0 Å². The number of hydrogen-bond donors (Lipinski definition) is 0. The number of benzene rings is 6. The molecule has 0 spiro atoms. The fourth-order valence-corrected chi connectivity index (χ4v) is 5.97. The minimum absolute atomic E-state index is 0.0146. The van der Waals surface area contributed by atoms with Crippen LogP contribution in [-0.4, -0.2) is 6.71 Å². The summed E-state index contributed by atoms with van der Waals surface area (Å²) in [5.41, 5.74) is 10.2. The summed E-state index contributed by atoms with van der Waals surface area (Å²) in [5.74, 6) is 3.51. The minimum atomic E-state index is 0.0146. The molecular formula is C40H29BO2. The van der Waals surface area contributed by atoms with Crippen LogP contribution in [0.15, 0.2) is 165 Å². The number of allylic oxidation sites excluding steroid dienone is 2. The molecule has 0 N–H and O–H groups in total. The standard InChI is InChI=1S/C36H23BO2.C4H6/c1-4-11-24(12-5-1)27-19-20-30-32(21-27)38-33-22-28(25-13-6-2-7-14-25)23-34-35(33)37(30)31-18-10-17-29(36(31)39-34)26-15-8-3-9-16-26;1-3-4-2/h1-23H;3-4H,1-2H2. The highest BCUT2D eigenvalue weighted by molar-refractivity contribution is 6.98. The molecule has 2 heterocycles. The molecule has 43 heavy (non-hydrogen) atoms. The van der Waals surface area contributed by atoms with Crippen LogP contribution < -0.4 is 25.9 Å². The fraction of sp³-hybridized carbons (Fsp3) is 0. The molecule has 6 aromatic carbocycles. The molecular weight excluding hydrogens is 523 g/mol. The van der Waals surface area contributed by atoms with Crippen LogP contribution in [0, 0.1) is 0 Å². The molecule has 0 radical (unpaired) electrons. The van der Waals surface area contributed by atoms with Crippen molar-refractivity contribution in [1.29, 1.82) is 0 Å². The van der Waals surface area contributed by atoms with Crippen LogP contribution in [-0.2, 0) is 0 Å². The first-order chi connectivity index (χ1) is 21.2. The Balaban J connectivity index is 0.000000709. The quantitative estimate of drug-likeness (QED) is 0.161. The van der Waals surface area contributed by atoms with E-state index in [0.717, 1.165) is 67.2 Å². The highest BCUT2D eigenvalue weighted by atomic mass is 16.5. The Kier molecular flexibility index (Phi) is 6.98. The summed E-state index contributed by atoms with van der Waals surface area (Å²) in [6.45, 7) is 6.74. The maximum Gasteiger partial charge on any atom is 0.260 e. The Labute approximate surface area is 253 Å². The third-order valence-electron chi connectivity index (χ3n) is 7.97. The molecule has 2 aliphatic heterocycles. The molecule has 0 saturated carbocycles. The zero-order chi connectivity index (χ0) is 29.2.